The van der Waals surface area contributed by atoms with Crippen molar-refractivity contribution in [1.29, 1.82) is 0 Å². The number of hydrogen-bond donors (Lipinski definition) is 1. The molecular weight excluding hydrogens is 248 g/mol. The summed E-state index contributed by atoms with van der Waals surface area (Å²) in [6, 6.07) is 0.0932. The van der Waals surface area contributed by atoms with Gasteiger partial charge in [-0.3, -0.25) is 4.79 Å². The summed E-state index contributed by atoms with van der Waals surface area (Å²) in [7, 11) is 0. The lowest BCUT2D eigenvalue weighted by molar-refractivity contribution is -0.136. The zero-order valence-corrected chi connectivity index (χ0v) is 13.4. The average molecular weight is 280 g/mol. The molecule has 0 radical (unpaired) electrons. The third kappa shape index (κ3) is 4.21. The fraction of sp³-hybridized carbons (Fsp3) is 0.941. The molecule has 1 aliphatic carbocycles. The van der Waals surface area contributed by atoms with Gasteiger partial charge in [0.05, 0.1) is 6.04 Å². The summed E-state index contributed by atoms with van der Waals surface area (Å²) in [5.74, 6) is 2.07. The first-order valence-corrected chi connectivity index (χ1v) is 8.76. The Morgan fingerprint density at radius 2 is 1.80 bits per heavy atom. The van der Waals surface area contributed by atoms with Crippen LogP contribution in [0.25, 0.3) is 0 Å². The van der Waals surface area contributed by atoms with Crippen molar-refractivity contribution in [3.05, 3.63) is 0 Å². The number of nitrogens with zero attached hydrogens (tertiary/aromatic N) is 1. The molecule has 0 bridgehead atoms. The maximum atomic E-state index is 12.5. The predicted molar refractivity (Wildman–Crippen MR) is 83.6 cm³/mol. The number of piperidine rings is 1. The van der Waals surface area contributed by atoms with Gasteiger partial charge in [0.25, 0.3) is 0 Å². The fourth-order valence-electron chi connectivity index (χ4n) is 3.76. The molecule has 1 unspecified atom stereocenters. The number of likely N-dealkylation sites (tertiary alicyclic amines) is 1. The van der Waals surface area contributed by atoms with Crippen LogP contribution < -0.4 is 5.32 Å². The number of rotatable bonds is 6. The quantitative estimate of drug-likeness (QED) is 0.810. The van der Waals surface area contributed by atoms with Crippen molar-refractivity contribution in [1.82, 2.24) is 10.2 Å². The van der Waals surface area contributed by atoms with Crippen molar-refractivity contribution in [3.8, 4) is 0 Å². The molecule has 1 heterocycles. The molecule has 2 aliphatic rings. The monoisotopic (exact) mass is 280 g/mol. The first-order chi connectivity index (χ1) is 9.74. The summed E-state index contributed by atoms with van der Waals surface area (Å²) in [6.45, 7) is 7.43. The Kier molecular flexibility index (Phi) is 6.34. The van der Waals surface area contributed by atoms with Gasteiger partial charge in [0.15, 0.2) is 0 Å². The number of hydrogen-bond acceptors (Lipinski definition) is 2. The van der Waals surface area contributed by atoms with Crippen LogP contribution in [0.5, 0.6) is 0 Å². The van der Waals surface area contributed by atoms with Crippen LogP contribution in [0.3, 0.4) is 0 Å². The summed E-state index contributed by atoms with van der Waals surface area (Å²) < 4.78 is 0. The smallest absolute Gasteiger partial charge is 0.239 e. The lowest BCUT2D eigenvalue weighted by atomic mass is 9.80. The van der Waals surface area contributed by atoms with E-state index in [0.29, 0.717) is 5.91 Å². The highest BCUT2D eigenvalue weighted by molar-refractivity contribution is 5.82. The highest BCUT2D eigenvalue weighted by Crippen LogP contribution is 2.31. The van der Waals surface area contributed by atoms with Crippen LogP contribution in [-0.4, -0.2) is 36.5 Å². The van der Waals surface area contributed by atoms with E-state index in [9.17, 15) is 4.79 Å². The second kappa shape index (κ2) is 8.02. The van der Waals surface area contributed by atoms with Crippen LogP contribution in [0.1, 0.15) is 65.2 Å². The largest absolute Gasteiger partial charge is 0.341 e. The van der Waals surface area contributed by atoms with Crippen molar-refractivity contribution in [2.75, 3.05) is 19.6 Å². The van der Waals surface area contributed by atoms with Crippen LogP contribution in [0.2, 0.25) is 0 Å². The first kappa shape index (κ1) is 15.8. The van der Waals surface area contributed by atoms with Crippen molar-refractivity contribution < 1.29 is 4.79 Å². The third-order valence-electron chi connectivity index (χ3n) is 5.19. The molecular formula is C17H32N2O. The van der Waals surface area contributed by atoms with E-state index >= 15 is 0 Å². The van der Waals surface area contributed by atoms with Gasteiger partial charge in [-0.2, -0.15) is 0 Å². The van der Waals surface area contributed by atoms with Gasteiger partial charge in [0, 0.05) is 13.1 Å². The minimum atomic E-state index is 0.0932. The zero-order valence-electron chi connectivity index (χ0n) is 13.4. The molecule has 1 amide bonds. The summed E-state index contributed by atoms with van der Waals surface area (Å²) >= 11 is 0. The molecule has 2 fully saturated rings. The lowest BCUT2D eigenvalue weighted by Crippen LogP contribution is -2.52. The van der Waals surface area contributed by atoms with Crippen molar-refractivity contribution >= 4 is 5.91 Å². The molecule has 1 saturated heterocycles. The number of carbonyl (C=O) groups is 1. The van der Waals surface area contributed by atoms with Crippen LogP contribution in [0.15, 0.2) is 0 Å². The van der Waals surface area contributed by atoms with E-state index in [2.05, 4.69) is 24.1 Å². The summed E-state index contributed by atoms with van der Waals surface area (Å²) in [5.41, 5.74) is 0. The SMILES string of the molecule is CCCNC1CCCN(CC2CCC(CC)CC2)C1=O. The third-order valence-corrected chi connectivity index (χ3v) is 5.19. The van der Waals surface area contributed by atoms with Gasteiger partial charge in [0.1, 0.15) is 0 Å². The molecule has 1 N–H and O–H groups in total. The van der Waals surface area contributed by atoms with Gasteiger partial charge in [-0.05, 0) is 50.5 Å². The van der Waals surface area contributed by atoms with E-state index in [0.717, 1.165) is 50.7 Å². The van der Waals surface area contributed by atoms with Gasteiger partial charge in [0.2, 0.25) is 5.91 Å². The van der Waals surface area contributed by atoms with E-state index in [4.69, 9.17) is 0 Å². The standard InChI is InChI=1S/C17H32N2O/c1-3-11-18-16-6-5-12-19(17(16)20)13-15-9-7-14(4-2)8-10-15/h14-16,18H,3-13H2,1-2H3. The van der Waals surface area contributed by atoms with Gasteiger partial charge < -0.3 is 10.2 Å². The van der Waals surface area contributed by atoms with E-state index in [1.54, 1.807) is 0 Å². The molecule has 1 aliphatic heterocycles. The maximum absolute atomic E-state index is 12.5. The van der Waals surface area contributed by atoms with Crippen molar-refractivity contribution in [2.45, 2.75) is 71.3 Å². The molecule has 2 rings (SSSR count). The second-order valence-corrected chi connectivity index (χ2v) is 6.73. The second-order valence-electron chi connectivity index (χ2n) is 6.73. The highest BCUT2D eigenvalue weighted by Gasteiger charge is 2.30. The predicted octanol–water partition coefficient (Wildman–Crippen LogP) is 3.19. The van der Waals surface area contributed by atoms with Crippen molar-refractivity contribution in [2.24, 2.45) is 11.8 Å². The van der Waals surface area contributed by atoms with Gasteiger partial charge >= 0.3 is 0 Å². The Morgan fingerprint density at radius 3 is 2.45 bits per heavy atom. The minimum Gasteiger partial charge on any atom is -0.341 e. The normalized spacial score (nSPS) is 31.6. The molecule has 20 heavy (non-hydrogen) atoms. The first-order valence-electron chi connectivity index (χ1n) is 8.76. The van der Waals surface area contributed by atoms with E-state index in [1.165, 1.54) is 32.1 Å². The number of amides is 1. The maximum Gasteiger partial charge on any atom is 0.239 e. The van der Waals surface area contributed by atoms with Crippen LogP contribution in [0.4, 0.5) is 0 Å². The Balaban J connectivity index is 1.78. The molecule has 0 aromatic rings. The molecule has 1 atom stereocenters. The molecule has 0 aromatic heterocycles. The highest BCUT2D eigenvalue weighted by atomic mass is 16.2. The van der Waals surface area contributed by atoms with Crippen molar-refractivity contribution in [3.63, 3.8) is 0 Å². The van der Waals surface area contributed by atoms with Gasteiger partial charge in [-0.15, -0.1) is 0 Å². The van der Waals surface area contributed by atoms with Crippen LogP contribution in [0, 0.1) is 11.8 Å². The van der Waals surface area contributed by atoms with E-state index in [-0.39, 0.29) is 6.04 Å². The fourth-order valence-corrected chi connectivity index (χ4v) is 3.76. The topological polar surface area (TPSA) is 32.3 Å². The van der Waals surface area contributed by atoms with Crippen LogP contribution in [-0.2, 0) is 4.79 Å². The Hall–Kier alpha value is -0.570. The number of carbonyl (C=O) groups excluding carboxylic acids is 1. The van der Waals surface area contributed by atoms with Crippen LogP contribution >= 0.6 is 0 Å². The van der Waals surface area contributed by atoms with Gasteiger partial charge in [-0.25, -0.2) is 0 Å². The lowest BCUT2D eigenvalue weighted by Gasteiger charge is -2.37. The average Bonchev–Trinajstić information content (AvgIpc) is 2.49. The Labute approximate surface area is 124 Å². The summed E-state index contributed by atoms with van der Waals surface area (Å²) in [6.07, 6.45) is 10.0. The van der Waals surface area contributed by atoms with E-state index < -0.39 is 0 Å². The summed E-state index contributed by atoms with van der Waals surface area (Å²) in [5, 5.41) is 3.41. The molecule has 0 aromatic carbocycles. The molecule has 3 nitrogen and oxygen atoms in total. The zero-order chi connectivity index (χ0) is 14.4. The van der Waals surface area contributed by atoms with Gasteiger partial charge in [-0.1, -0.05) is 33.1 Å². The molecule has 3 heteroatoms. The summed E-state index contributed by atoms with van der Waals surface area (Å²) in [4.78, 5) is 14.6. The Bertz CT molecular complexity index is 297. The minimum absolute atomic E-state index is 0.0932. The Morgan fingerprint density at radius 1 is 1.10 bits per heavy atom. The molecule has 0 spiro atoms. The number of nitrogens with one attached hydrogen (secondary N) is 1. The molecule has 116 valence electrons. The molecule has 1 saturated carbocycles. The van der Waals surface area contributed by atoms with E-state index in [1.807, 2.05) is 0 Å².